The van der Waals surface area contributed by atoms with E-state index in [9.17, 15) is 0 Å². The Morgan fingerprint density at radius 3 is 1.74 bits per heavy atom. The predicted molar refractivity (Wildman–Crippen MR) is 276 cm³/mol. The lowest BCUT2D eigenvalue weighted by Gasteiger charge is -2.32. The van der Waals surface area contributed by atoms with Gasteiger partial charge in [0, 0.05) is 28.1 Å². The predicted octanol–water partition coefficient (Wildman–Crippen LogP) is 15.9. The average molecular weight is 850 g/mol. The van der Waals surface area contributed by atoms with Crippen LogP contribution < -0.4 is 25.1 Å². The van der Waals surface area contributed by atoms with Crippen LogP contribution in [0, 0.1) is 0 Å². The Bertz CT molecular complexity index is 3640. The highest BCUT2D eigenvalue weighted by Crippen LogP contribution is 2.54. The molecule has 0 atom stereocenters. The Hall–Kier alpha value is -8.12. The monoisotopic (exact) mass is 849 g/mol. The third kappa shape index (κ3) is 5.82. The summed E-state index contributed by atoms with van der Waals surface area (Å²) >= 11 is 0. The molecule has 11 aromatic rings. The molecular formula is C60H43N3OSi. The molecule has 0 spiro atoms. The molecule has 0 saturated carbocycles. The lowest BCUT2D eigenvalue weighted by Crippen LogP contribution is -2.49. The molecule has 2 aliphatic rings. The molecule has 0 N–H and O–H groups in total. The Morgan fingerprint density at radius 2 is 1.00 bits per heavy atom. The zero-order valence-corrected chi connectivity index (χ0v) is 37.1. The molecule has 65 heavy (non-hydrogen) atoms. The van der Waals surface area contributed by atoms with Crippen molar-refractivity contribution in [1.29, 1.82) is 0 Å². The Labute approximate surface area is 379 Å². The smallest absolute Gasteiger partial charge is 0.145 e. The number of nitrogens with zero attached hydrogens (tertiary/aromatic N) is 3. The first-order valence-electron chi connectivity index (χ1n) is 22.4. The molecule has 0 radical (unpaired) electrons. The number of anilines is 9. The van der Waals surface area contributed by atoms with Gasteiger partial charge in [-0.15, -0.1) is 0 Å². The second kappa shape index (κ2) is 14.5. The molecule has 308 valence electrons. The van der Waals surface area contributed by atoms with Crippen LogP contribution in [0.4, 0.5) is 51.2 Å². The van der Waals surface area contributed by atoms with Crippen LogP contribution in [0.3, 0.4) is 0 Å². The average Bonchev–Trinajstić information content (AvgIpc) is 3.87. The van der Waals surface area contributed by atoms with Gasteiger partial charge in [-0.1, -0.05) is 153 Å². The van der Waals surface area contributed by atoms with E-state index in [1.165, 1.54) is 32.6 Å². The summed E-state index contributed by atoms with van der Waals surface area (Å²) in [6.45, 7) is 4.97. The third-order valence-electron chi connectivity index (χ3n) is 13.7. The van der Waals surface area contributed by atoms with Crippen LogP contribution in [-0.4, -0.2) is 8.07 Å². The van der Waals surface area contributed by atoms with Crippen LogP contribution in [0.2, 0.25) is 13.1 Å². The van der Waals surface area contributed by atoms with E-state index in [0.29, 0.717) is 0 Å². The molecule has 1 aromatic heterocycles. The molecule has 4 nitrogen and oxygen atoms in total. The van der Waals surface area contributed by atoms with E-state index in [4.69, 9.17) is 4.42 Å². The summed E-state index contributed by atoms with van der Waals surface area (Å²) in [5.74, 6) is 0. The quantitative estimate of drug-likeness (QED) is 0.156. The van der Waals surface area contributed by atoms with Crippen molar-refractivity contribution in [3.63, 3.8) is 0 Å². The van der Waals surface area contributed by atoms with E-state index in [1.807, 2.05) is 0 Å². The van der Waals surface area contributed by atoms with Crippen molar-refractivity contribution in [3.05, 3.63) is 224 Å². The van der Waals surface area contributed by atoms with E-state index in [2.05, 4.69) is 252 Å². The SMILES string of the molecule is C[Si]1(C)c2ccccc2-c2cc(N(c3ccc(-c4ccccc4)cc3)c3cc4cc(c3)N(c3ccccc3)c3cc5ccccc5c5oc6cccc(c6c35)N4c3ccccc3)ccc21. The first kappa shape index (κ1) is 37.4. The summed E-state index contributed by atoms with van der Waals surface area (Å²) in [4.78, 5) is 7.31. The second-order valence-corrected chi connectivity index (χ2v) is 22.1. The molecule has 10 aromatic carbocycles. The zero-order chi connectivity index (χ0) is 43.2. The van der Waals surface area contributed by atoms with E-state index in [-0.39, 0.29) is 0 Å². The van der Waals surface area contributed by atoms with Crippen molar-refractivity contribution in [2.45, 2.75) is 13.1 Å². The molecule has 0 saturated heterocycles. The minimum atomic E-state index is -1.90. The maximum Gasteiger partial charge on any atom is 0.145 e. The lowest BCUT2D eigenvalue weighted by molar-refractivity contribution is 0.672. The van der Waals surface area contributed by atoms with Gasteiger partial charge in [-0.25, -0.2) is 0 Å². The Balaban J connectivity index is 1.13. The maximum atomic E-state index is 6.99. The first-order chi connectivity index (χ1) is 32.0. The number of hydrogen-bond acceptors (Lipinski definition) is 4. The minimum absolute atomic E-state index is 0.851. The molecule has 3 heterocycles. The van der Waals surface area contributed by atoms with E-state index in [0.717, 1.165) is 83.9 Å². The van der Waals surface area contributed by atoms with Gasteiger partial charge in [-0.2, -0.15) is 0 Å². The molecule has 13 rings (SSSR count). The molecule has 0 aliphatic carbocycles. The number of fused-ring (bicyclic) bond motifs is 7. The Morgan fingerprint density at radius 1 is 0.400 bits per heavy atom. The van der Waals surface area contributed by atoms with Crippen molar-refractivity contribution < 1.29 is 4.42 Å². The fourth-order valence-electron chi connectivity index (χ4n) is 10.7. The number of benzene rings is 10. The van der Waals surface area contributed by atoms with Crippen LogP contribution in [0.25, 0.3) is 55.0 Å². The molecule has 2 bridgehead atoms. The van der Waals surface area contributed by atoms with E-state index >= 15 is 0 Å². The summed E-state index contributed by atoms with van der Waals surface area (Å²) in [6.07, 6.45) is 0. The summed E-state index contributed by atoms with van der Waals surface area (Å²) in [7, 11) is -1.90. The van der Waals surface area contributed by atoms with Crippen molar-refractivity contribution in [2.75, 3.05) is 14.7 Å². The minimum Gasteiger partial charge on any atom is -0.455 e. The fraction of sp³-hybridized carbons (Fsp3) is 0.0333. The highest BCUT2D eigenvalue weighted by Gasteiger charge is 2.38. The number of furan rings is 1. The number of rotatable bonds is 6. The van der Waals surface area contributed by atoms with Gasteiger partial charge in [0.2, 0.25) is 0 Å². The van der Waals surface area contributed by atoms with Gasteiger partial charge in [0.25, 0.3) is 0 Å². The molecule has 0 unspecified atom stereocenters. The maximum absolute atomic E-state index is 6.99. The van der Waals surface area contributed by atoms with Crippen molar-refractivity contribution >= 4 is 102 Å². The first-order valence-corrected chi connectivity index (χ1v) is 25.4. The summed E-state index contributed by atoms with van der Waals surface area (Å²) < 4.78 is 6.99. The van der Waals surface area contributed by atoms with Crippen molar-refractivity contribution in [3.8, 4) is 22.3 Å². The number of hydrogen-bond donors (Lipinski definition) is 0. The third-order valence-corrected chi connectivity index (χ3v) is 17.2. The lowest BCUT2D eigenvalue weighted by atomic mass is 10.0. The molecule has 5 heteroatoms. The van der Waals surface area contributed by atoms with Gasteiger partial charge in [0.05, 0.1) is 39.2 Å². The summed E-state index contributed by atoms with van der Waals surface area (Å²) in [5.41, 5.74) is 16.4. The second-order valence-electron chi connectivity index (χ2n) is 17.8. The number of para-hydroxylation sites is 2. The van der Waals surface area contributed by atoms with E-state index in [1.54, 1.807) is 0 Å². The molecule has 2 aliphatic heterocycles. The van der Waals surface area contributed by atoms with Crippen LogP contribution in [0.15, 0.2) is 229 Å². The zero-order valence-electron chi connectivity index (χ0n) is 36.1. The van der Waals surface area contributed by atoms with Gasteiger partial charge >= 0.3 is 0 Å². The van der Waals surface area contributed by atoms with Crippen LogP contribution in [-0.2, 0) is 0 Å². The summed E-state index contributed by atoms with van der Waals surface area (Å²) in [5, 5.41) is 7.36. The summed E-state index contributed by atoms with van der Waals surface area (Å²) in [6, 6.07) is 82.1. The Kier molecular flexibility index (Phi) is 8.33. The molecule has 0 amide bonds. The van der Waals surface area contributed by atoms with Crippen LogP contribution in [0.5, 0.6) is 0 Å². The van der Waals surface area contributed by atoms with Gasteiger partial charge in [-0.05, 0) is 123 Å². The largest absolute Gasteiger partial charge is 0.455 e. The molecular weight excluding hydrogens is 807 g/mol. The van der Waals surface area contributed by atoms with Crippen LogP contribution >= 0.6 is 0 Å². The van der Waals surface area contributed by atoms with Crippen LogP contribution in [0.1, 0.15) is 0 Å². The normalized spacial score (nSPS) is 13.4. The fourth-order valence-corrected chi connectivity index (χ4v) is 13.8. The van der Waals surface area contributed by atoms with Gasteiger partial charge in [0.1, 0.15) is 19.2 Å². The standard InChI is InChI=1S/C60H43N3OSi/c1-65(2)56-28-15-14-25-51(56)52-39-46(33-34-57(52)65)61(45-31-29-41(30-32-45)40-17-6-3-7-18-40)47-36-48-38-49(37-47)63(44-22-10-5-11-23-44)54-35-42-19-12-13-24-50(42)60-59(54)58-53(26-16-27-55(58)64-60)62(48)43-20-8-4-9-21-43/h3-39H,1-2H3. The van der Waals surface area contributed by atoms with Gasteiger partial charge in [0.15, 0.2) is 0 Å². The van der Waals surface area contributed by atoms with Gasteiger partial charge < -0.3 is 19.1 Å². The van der Waals surface area contributed by atoms with Crippen molar-refractivity contribution in [2.24, 2.45) is 0 Å². The highest BCUT2D eigenvalue weighted by molar-refractivity contribution is 7.03. The highest BCUT2D eigenvalue weighted by atomic mass is 28.3. The van der Waals surface area contributed by atoms with Crippen molar-refractivity contribution in [1.82, 2.24) is 0 Å². The van der Waals surface area contributed by atoms with E-state index < -0.39 is 8.07 Å². The molecule has 0 fully saturated rings. The van der Waals surface area contributed by atoms with Gasteiger partial charge in [-0.3, -0.25) is 0 Å². The topological polar surface area (TPSA) is 22.9 Å².